The third-order valence-corrected chi connectivity index (χ3v) is 7.85. The number of alkyl halides is 3. The van der Waals surface area contributed by atoms with Crippen LogP contribution in [0.5, 0.6) is 5.75 Å². The molecular formula is C31H36F3N3O2. The van der Waals surface area contributed by atoms with Gasteiger partial charge in [0.25, 0.3) is 5.91 Å². The van der Waals surface area contributed by atoms with E-state index in [0.29, 0.717) is 23.4 Å². The number of ether oxygens (including phenoxy) is 1. The van der Waals surface area contributed by atoms with Crippen LogP contribution in [0.15, 0.2) is 66.8 Å². The molecule has 2 aliphatic heterocycles. The van der Waals surface area contributed by atoms with Gasteiger partial charge in [-0.2, -0.15) is 13.2 Å². The number of nitrogens with one attached hydrogen (secondary N) is 1. The van der Waals surface area contributed by atoms with Gasteiger partial charge in [0.05, 0.1) is 6.42 Å². The number of carbonyl (C=O) groups is 1. The summed E-state index contributed by atoms with van der Waals surface area (Å²) in [7, 11) is 0. The molecule has 1 amide bonds. The predicted molar refractivity (Wildman–Crippen MR) is 149 cm³/mol. The number of nitrogens with zero attached hydrogens (tertiary/aromatic N) is 2. The van der Waals surface area contributed by atoms with E-state index in [1.165, 1.54) is 18.4 Å². The van der Waals surface area contributed by atoms with Gasteiger partial charge in [0.2, 0.25) is 0 Å². The van der Waals surface area contributed by atoms with Crippen molar-refractivity contribution in [3.8, 4) is 5.75 Å². The molecule has 208 valence electrons. The Morgan fingerprint density at radius 1 is 1.15 bits per heavy atom. The number of halogens is 3. The number of benzene rings is 2. The minimum Gasteiger partial charge on any atom is -0.486 e. The van der Waals surface area contributed by atoms with E-state index in [0.717, 1.165) is 50.2 Å². The van der Waals surface area contributed by atoms with Gasteiger partial charge in [-0.1, -0.05) is 18.2 Å². The first-order valence-corrected chi connectivity index (χ1v) is 13.7. The molecule has 2 saturated heterocycles. The molecule has 3 atom stereocenters. The number of carbonyl (C=O) groups excluding carboxylic acids is 1. The van der Waals surface area contributed by atoms with E-state index in [1.807, 2.05) is 6.07 Å². The zero-order chi connectivity index (χ0) is 27.7. The van der Waals surface area contributed by atoms with E-state index in [2.05, 4.69) is 35.2 Å². The Bertz CT molecular complexity index is 1260. The van der Waals surface area contributed by atoms with Crippen LogP contribution in [-0.2, 0) is 6.42 Å². The van der Waals surface area contributed by atoms with Gasteiger partial charge in [0.15, 0.2) is 0 Å². The summed E-state index contributed by atoms with van der Waals surface area (Å²) in [5, 5.41) is 2.70. The summed E-state index contributed by atoms with van der Waals surface area (Å²) < 4.78 is 46.4. The first kappa shape index (κ1) is 27.3. The van der Waals surface area contributed by atoms with E-state index in [1.54, 1.807) is 36.4 Å². The number of hydrogen-bond acceptors (Lipinski definition) is 4. The molecule has 5 nitrogen and oxygen atoms in total. The lowest BCUT2D eigenvalue weighted by Gasteiger charge is -2.31. The normalized spacial score (nSPS) is 23.2. The van der Waals surface area contributed by atoms with Gasteiger partial charge in [-0.05, 0) is 86.7 Å². The number of hydrogen-bond donors (Lipinski definition) is 1. The van der Waals surface area contributed by atoms with Crippen molar-refractivity contribution in [1.82, 2.24) is 4.90 Å². The smallest absolute Gasteiger partial charge is 0.393 e. The van der Waals surface area contributed by atoms with Gasteiger partial charge in [0.1, 0.15) is 11.9 Å². The van der Waals surface area contributed by atoms with Crippen molar-refractivity contribution in [2.45, 2.75) is 69.8 Å². The summed E-state index contributed by atoms with van der Waals surface area (Å²) in [6.07, 6.45) is -0.471. The van der Waals surface area contributed by atoms with Crippen LogP contribution >= 0.6 is 0 Å². The molecule has 39 heavy (non-hydrogen) atoms. The minimum atomic E-state index is -4.41. The molecule has 1 aliphatic carbocycles. The van der Waals surface area contributed by atoms with Crippen molar-refractivity contribution in [3.63, 3.8) is 0 Å². The molecule has 0 bridgehead atoms. The first-order chi connectivity index (χ1) is 18.6. The Kier molecular flexibility index (Phi) is 7.76. The monoisotopic (exact) mass is 539 g/mol. The summed E-state index contributed by atoms with van der Waals surface area (Å²) in [5.74, 6) is 0.0503. The van der Waals surface area contributed by atoms with Gasteiger partial charge < -0.3 is 15.0 Å². The highest BCUT2D eigenvalue weighted by Gasteiger charge is 2.36. The maximum absolute atomic E-state index is 13.6. The number of rotatable bonds is 9. The molecule has 1 saturated carbocycles. The highest BCUT2D eigenvalue weighted by molar-refractivity contribution is 6.05. The van der Waals surface area contributed by atoms with Gasteiger partial charge in [-0.15, -0.1) is 6.58 Å². The van der Waals surface area contributed by atoms with Crippen molar-refractivity contribution in [2.24, 2.45) is 0 Å². The fraction of sp³-hybridized carbons (Fsp3) is 0.452. The second kappa shape index (κ2) is 11.1. The standard InChI is InChI=1S/C31H36F3N3O2/c1-20(2)14-25-7-5-12-37(25)26-11-13-36(19-26)24-9-10-28(23(16-24)18-31(32,33)34)35-30(38)22-6-4-8-27(17-22)39-29-15-21(29)3/h4,6,8-10,16-17,25-26,29H,1,3,5,7,11-15,18-19H2,2H3,(H,35,38). The van der Waals surface area contributed by atoms with E-state index in [-0.39, 0.29) is 17.4 Å². The topological polar surface area (TPSA) is 44.8 Å². The van der Waals surface area contributed by atoms with E-state index >= 15 is 0 Å². The second-order valence-corrected chi connectivity index (χ2v) is 11.2. The molecule has 0 spiro atoms. The molecule has 3 fully saturated rings. The van der Waals surface area contributed by atoms with Gasteiger partial charge in [-0.3, -0.25) is 9.69 Å². The lowest BCUT2D eigenvalue weighted by atomic mass is 10.1. The fourth-order valence-corrected chi connectivity index (χ4v) is 5.84. The zero-order valence-electron chi connectivity index (χ0n) is 22.4. The molecule has 5 rings (SSSR count). The largest absolute Gasteiger partial charge is 0.486 e. The predicted octanol–water partition coefficient (Wildman–Crippen LogP) is 6.76. The van der Waals surface area contributed by atoms with Crippen molar-refractivity contribution in [2.75, 3.05) is 29.9 Å². The molecule has 1 N–H and O–H groups in total. The summed E-state index contributed by atoms with van der Waals surface area (Å²) in [6.45, 7) is 12.6. The molecule has 0 aromatic heterocycles. The molecule has 8 heteroatoms. The van der Waals surface area contributed by atoms with Gasteiger partial charge in [-0.25, -0.2) is 0 Å². The fourth-order valence-electron chi connectivity index (χ4n) is 5.84. The molecule has 2 aromatic rings. The van der Waals surface area contributed by atoms with Crippen LogP contribution in [0.1, 0.15) is 54.9 Å². The molecule has 2 heterocycles. The highest BCUT2D eigenvalue weighted by Crippen LogP contribution is 2.35. The van der Waals surface area contributed by atoms with E-state index in [4.69, 9.17) is 4.74 Å². The minimum absolute atomic E-state index is 0.0399. The first-order valence-electron chi connectivity index (χ1n) is 13.7. The second-order valence-electron chi connectivity index (χ2n) is 11.2. The zero-order valence-corrected chi connectivity index (χ0v) is 22.4. The van der Waals surface area contributed by atoms with Crippen LogP contribution in [0.3, 0.4) is 0 Å². The van der Waals surface area contributed by atoms with Crippen LogP contribution in [0.2, 0.25) is 0 Å². The number of amides is 1. The van der Waals surface area contributed by atoms with Crippen LogP contribution in [0, 0.1) is 0 Å². The molecule has 2 aromatic carbocycles. The quantitative estimate of drug-likeness (QED) is 0.358. The van der Waals surface area contributed by atoms with Crippen molar-refractivity contribution < 1.29 is 22.7 Å². The average Bonchev–Trinajstić information content (AvgIpc) is 3.24. The summed E-state index contributed by atoms with van der Waals surface area (Å²) >= 11 is 0. The van der Waals surface area contributed by atoms with Crippen molar-refractivity contribution in [1.29, 1.82) is 0 Å². The lowest BCUT2D eigenvalue weighted by molar-refractivity contribution is -0.127. The van der Waals surface area contributed by atoms with Crippen molar-refractivity contribution in [3.05, 3.63) is 77.9 Å². The molecular weight excluding hydrogens is 503 g/mol. The lowest BCUT2D eigenvalue weighted by Crippen LogP contribution is -2.41. The molecule has 3 unspecified atom stereocenters. The Balaban J connectivity index is 1.30. The third kappa shape index (κ3) is 6.85. The van der Waals surface area contributed by atoms with Gasteiger partial charge in [0, 0.05) is 48.5 Å². The highest BCUT2D eigenvalue weighted by atomic mass is 19.4. The Hall–Kier alpha value is -3.26. The van der Waals surface area contributed by atoms with Crippen LogP contribution in [0.4, 0.5) is 24.5 Å². The van der Waals surface area contributed by atoms with Crippen molar-refractivity contribution >= 4 is 17.3 Å². The maximum atomic E-state index is 13.6. The third-order valence-electron chi connectivity index (χ3n) is 7.85. The van der Waals surface area contributed by atoms with Crippen LogP contribution in [-0.4, -0.2) is 54.8 Å². The Morgan fingerprint density at radius 2 is 1.95 bits per heavy atom. The van der Waals surface area contributed by atoms with E-state index in [9.17, 15) is 18.0 Å². The maximum Gasteiger partial charge on any atom is 0.393 e. The summed E-state index contributed by atoms with van der Waals surface area (Å²) in [5.41, 5.74) is 3.48. The van der Waals surface area contributed by atoms with Crippen LogP contribution < -0.4 is 15.0 Å². The SMILES string of the molecule is C=C(C)CC1CCCN1C1CCN(c2ccc(NC(=O)c3cccc(OC4CC4=C)c3)c(CC(F)(F)F)c2)C1. The van der Waals surface area contributed by atoms with Crippen LogP contribution in [0.25, 0.3) is 0 Å². The number of likely N-dealkylation sites (tertiary alicyclic amines) is 1. The van der Waals surface area contributed by atoms with Gasteiger partial charge >= 0.3 is 6.18 Å². The molecule has 3 aliphatic rings. The van der Waals surface area contributed by atoms with E-state index < -0.39 is 18.5 Å². The summed E-state index contributed by atoms with van der Waals surface area (Å²) in [4.78, 5) is 17.7. The average molecular weight is 540 g/mol. The Labute approximate surface area is 228 Å². The Morgan fingerprint density at radius 3 is 2.67 bits per heavy atom. The number of anilines is 2. The summed E-state index contributed by atoms with van der Waals surface area (Å²) in [6, 6.07) is 12.5. The molecule has 0 radical (unpaired) electrons.